The highest BCUT2D eigenvalue weighted by molar-refractivity contribution is 9.10. The van der Waals surface area contributed by atoms with E-state index in [9.17, 15) is 18.0 Å². The van der Waals surface area contributed by atoms with Gasteiger partial charge in [-0.2, -0.15) is 18.3 Å². The summed E-state index contributed by atoms with van der Waals surface area (Å²) in [4.78, 5) is 12.3. The topological polar surface area (TPSA) is 41.9 Å². The molecular weight excluding hydrogens is 465 g/mol. The Labute approximate surface area is 170 Å². The average molecular weight is 479 g/mol. The number of alkyl halides is 3. The fourth-order valence-corrected chi connectivity index (χ4v) is 5.45. The lowest BCUT2D eigenvalue weighted by Gasteiger charge is -2.34. The first-order chi connectivity index (χ1) is 12.6. The molecule has 0 aromatic carbocycles. The zero-order valence-corrected chi connectivity index (χ0v) is 17.4. The minimum absolute atomic E-state index is 0.0779. The number of carbonyl (C=O) groups is 1. The van der Waals surface area contributed by atoms with Crippen LogP contribution in [0.3, 0.4) is 0 Å². The van der Waals surface area contributed by atoms with Gasteiger partial charge in [-0.1, -0.05) is 6.07 Å². The first kappa shape index (κ1) is 20.1. The van der Waals surface area contributed by atoms with E-state index >= 15 is 0 Å². The van der Waals surface area contributed by atoms with Crippen LogP contribution in [0.25, 0.3) is 0 Å². The summed E-state index contributed by atoms with van der Waals surface area (Å²) in [6.45, 7) is 0.701. The number of thiophene rings is 2. The van der Waals surface area contributed by atoms with E-state index in [1.54, 1.807) is 29.0 Å². The van der Waals surface area contributed by atoms with Gasteiger partial charge in [-0.25, -0.2) is 0 Å². The van der Waals surface area contributed by atoms with Gasteiger partial charge in [0.05, 0.1) is 11.4 Å². The van der Waals surface area contributed by atoms with E-state index in [1.165, 1.54) is 23.4 Å². The van der Waals surface area contributed by atoms with Crippen LogP contribution in [0.15, 0.2) is 50.4 Å². The molecule has 10 heteroatoms. The second kappa shape index (κ2) is 7.40. The number of nitrogens with zero attached hydrogens (tertiary/aromatic N) is 2. The van der Waals surface area contributed by atoms with E-state index in [2.05, 4.69) is 21.0 Å². The molecule has 144 valence electrons. The third kappa shape index (κ3) is 3.83. The standard InChI is InChI=1S/C17H14BrF3N2O2S2/c1-10(24)25-12-8-16(17(19,20)21,15-11(18)5-7-27-15)9-23(2)22-14(12)13-4-3-6-26-13/h3-8H,9H2,1-2H3. The zero-order valence-electron chi connectivity index (χ0n) is 14.2. The Bertz CT molecular complexity index is 906. The van der Waals surface area contributed by atoms with Crippen molar-refractivity contribution in [3.63, 3.8) is 0 Å². The van der Waals surface area contributed by atoms with Crippen molar-refractivity contribution in [2.24, 2.45) is 5.10 Å². The molecule has 1 atom stereocenters. The Kier molecular flexibility index (Phi) is 5.51. The molecule has 0 saturated carbocycles. The molecule has 1 aliphatic rings. The van der Waals surface area contributed by atoms with E-state index in [1.807, 2.05) is 0 Å². The molecule has 0 spiro atoms. The van der Waals surface area contributed by atoms with Crippen LogP contribution in [0.1, 0.15) is 16.7 Å². The van der Waals surface area contributed by atoms with Gasteiger partial charge in [0.2, 0.25) is 0 Å². The Hall–Kier alpha value is -1.65. The molecule has 0 fully saturated rings. The molecule has 0 amide bonds. The molecule has 0 aliphatic carbocycles. The van der Waals surface area contributed by atoms with Crippen LogP contribution in [-0.2, 0) is 14.9 Å². The maximum Gasteiger partial charge on any atom is 0.404 e. The van der Waals surface area contributed by atoms with E-state index in [-0.39, 0.29) is 16.3 Å². The van der Waals surface area contributed by atoms with Gasteiger partial charge in [0.1, 0.15) is 11.1 Å². The highest BCUT2D eigenvalue weighted by Crippen LogP contribution is 2.49. The lowest BCUT2D eigenvalue weighted by Crippen LogP contribution is -2.47. The highest BCUT2D eigenvalue weighted by atomic mass is 79.9. The predicted octanol–water partition coefficient (Wildman–Crippen LogP) is 5.17. The summed E-state index contributed by atoms with van der Waals surface area (Å²) in [5.74, 6) is -0.914. The molecule has 1 unspecified atom stereocenters. The maximum absolute atomic E-state index is 14.4. The van der Waals surface area contributed by atoms with Gasteiger partial charge >= 0.3 is 12.1 Å². The molecule has 3 heterocycles. The van der Waals surface area contributed by atoms with Gasteiger partial charge < -0.3 is 4.74 Å². The number of hydrazone groups is 1. The molecule has 2 aromatic heterocycles. The van der Waals surface area contributed by atoms with Crippen molar-refractivity contribution in [2.45, 2.75) is 18.5 Å². The summed E-state index contributed by atoms with van der Waals surface area (Å²) < 4.78 is 48.7. The summed E-state index contributed by atoms with van der Waals surface area (Å²) in [7, 11) is 1.47. The molecule has 0 saturated heterocycles. The van der Waals surface area contributed by atoms with Crippen LogP contribution in [-0.4, -0.2) is 36.5 Å². The molecule has 0 radical (unpaired) electrons. The number of likely N-dealkylation sites (N-methyl/N-ethyl adjacent to an activating group) is 1. The SMILES string of the molecule is CC(=O)OC1=CC(c2sccc2Br)(C(F)(F)F)CN(C)N=C1c1cccs1. The van der Waals surface area contributed by atoms with Crippen molar-refractivity contribution < 1.29 is 22.7 Å². The quantitative estimate of drug-likeness (QED) is 0.571. The number of hydrogen-bond acceptors (Lipinski definition) is 6. The number of allylic oxidation sites excluding steroid dienone is 1. The lowest BCUT2D eigenvalue weighted by atomic mass is 9.84. The first-order valence-corrected chi connectivity index (χ1v) is 10.2. The molecule has 3 rings (SSSR count). The van der Waals surface area contributed by atoms with Gasteiger partial charge in [0, 0.05) is 23.3 Å². The van der Waals surface area contributed by atoms with Crippen molar-refractivity contribution >= 4 is 50.3 Å². The van der Waals surface area contributed by atoms with Crippen LogP contribution >= 0.6 is 38.6 Å². The first-order valence-electron chi connectivity index (χ1n) is 7.69. The summed E-state index contributed by atoms with van der Waals surface area (Å²) in [5.41, 5.74) is -2.19. The van der Waals surface area contributed by atoms with Crippen LogP contribution in [0, 0.1) is 0 Å². The molecule has 0 N–H and O–H groups in total. The normalized spacial score (nSPS) is 20.7. The average Bonchev–Trinajstić information content (AvgIpc) is 3.18. The smallest absolute Gasteiger partial charge is 0.404 e. The fraction of sp³-hybridized carbons (Fsp3) is 0.294. The Balaban J connectivity index is 2.28. The van der Waals surface area contributed by atoms with E-state index in [4.69, 9.17) is 4.74 Å². The summed E-state index contributed by atoms with van der Waals surface area (Å²) in [6.07, 6.45) is -3.66. The summed E-state index contributed by atoms with van der Waals surface area (Å²) in [5, 5.41) is 8.90. The molecule has 27 heavy (non-hydrogen) atoms. The molecule has 2 aromatic rings. The van der Waals surface area contributed by atoms with Gasteiger partial charge in [-0.05, 0) is 44.9 Å². The third-order valence-electron chi connectivity index (χ3n) is 3.90. The minimum Gasteiger partial charge on any atom is -0.425 e. The third-order valence-corrected chi connectivity index (χ3v) is 6.79. The minimum atomic E-state index is -4.64. The molecule has 1 aliphatic heterocycles. The number of halogens is 4. The largest absolute Gasteiger partial charge is 0.425 e. The van der Waals surface area contributed by atoms with Crippen molar-refractivity contribution in [1.29, 1.82) is 0 Å². The second-order valence-electron chi connectivity index (χ2n) is 5.91. The number of ether oxygens (including phenoxy) is 1. The van der Waals surface area contributed by atoms with Gasteiger partial charge in [0.15, 0.2) is 5.76 Å². The summed E-state index contributed by atoms with van der Waals surface area (Å²) >= 11 is 5.51. The zero-order chi connectivity index (χ0) is 19.8. The van der Waals surface area contributed by atoms with E-state index in [0.29, 0.717) is 9.35 Å². The van der Waals surface area contributed by atoms with Crippen LogP contribution in [0.4, 0.5) is 13.2 Å². The van der Waals surface area contributed by atoms with E-state index < -0.39 is 24.1 Å². The number of rotatable bonds is 3. The van der Waals surface area contributed by atoms with E-state index in [0.717, 1.165) is 24.3 Å². The Morgan fingerprint density at radius 3 is 2.59 bits per heavy atom. The number of hydrogen-bond donors (Lipinski definition) is 0. The Morgan fingerprint density at radius 1 is 1.33 bits per heavy atom. The predicted molar refractivity (Wildman–Crippen MR) is 103 cm³/mol. The number of esters is 1. The van der Waals surface area contributed by atoms with Crippen LogP contribution in [0.5, 0.6) is 0 Å². The van der Waals surface area contributed by atoms with Crippen LogP contribution < -0.4 is 0 Å². The molecule has 4 nitrogen and oxygen atoms in total. The van der Waals surface area contributed by atoms with Crippen LogP contribution in [0.2, 0.25) is 0 Å². The monoisotopic (exact) mass is 478 g/mol. The van der Waals surface area contributed by atoms with Gasteiger partial charge in [0.25, 0.3) is 0 Å². The number of carbonyl (C=O) groups excluding carboxylic acids is 1. The van der Waals surface area contributed by atoms with Crippen molar-refractivity contribution in [3.8, 4) is 0 Å². The lowest BCUT2D eigenvalue weighted by molar-refractivity contribution is -0.179. The van der Waals surface area contributed by atoms with Crippen molar-refractivity contribution in [2.75, 3.05) is 13.6 Å². The fourth-order valence-electron chi connectivity index (χ4n) is 2.82. The molecular formula is C17H14BrF3N2O2S2. The van der Waals surface area contributed by atoms with Crippen molar-refractivity contribution in [1.82, 2.24) is 5.01 Å². The molecule has 0 bridgehead atoms. The Morgan fingerprint density at radius 2 is 2.07 bits per heavy atom. The van der Waals surface area contributed by atoms with Crippen molar-refractivity contribution in [3.05, 3.63) is 55.0 Å². The summed E-state index contributed by atoms with van der Waals surface area (Å²) in [6, 6.07) is 5.04. The van der Waals surface area contributed by atoms with Gasteiger partial charge in [-0.3, -0.25) is 9.80 Å². The highest BCUT2D eigenvalue weighted by Gasteiger charge is 2.58. The maximum atomic E-state index is 14.4. The van der Waals surface area contributed by atoms with Gasteiger partial charge in [-0.15, -0.1) is 22.7 Å². The second-order valence-corrected chi connectivity index (χ2v) is 8.63.